The van der Waals surface area contributed by atoms with Gasteiger partial charge in [-0.15, -0.1) is 0 Å². The maximum atomic E-state index is 13.0. The Morgan fingerprint density at radius 2 is 2.15 bits per heavy atom. The van der Waals surface area contributed by atoms with E-state index in [1.165, 1.54) is 11.4 Å². The highest BCUT2D eigenvalue weighted by Gasteiger charge is 2.46. The van der Waals surface area contributed by atoms with Crippen LogP contribution < -0.4 is 5.73 Å². The van der Waals surface area contributed by atoms with Crippen LogP contribution in [0, 0.1) is 12.3 Å². The second-order valence-electron chi connectivity index (χ2n) is 6.64. The second-order valence-corrected chi connectivity index (χ2v) is 6.64. The fraction of sp³-hybridized carbons (Fsp3) is 0.688. The van der Waals surface area contributed by atoms with Gasteiger partial charge in [0.15, 0.2) is 0 Å². The SMILES string of the molecule is Cc1ccc2n1CCN(C(=O)C1(C)CCCC1N)C2C. The van der Waals surface area contributed by atoms with E-state index in [9.17, 15) is 4.79 Å². The predicted octanol–water partition coefficient (Wildman–Crippen LogP) is 2.22. The molecule has 110 valence electrons. The Bertz CT molecular complexity index is 536. The molecule has 2 heterocycles. The molecule has 2 N–H and O–H groups in total. The highest BCUT2D eigenvalue weighted by atomic mass is 16.2. The predicted molar refractivity (Wildman–Crippen MR) is 79.2 cm³/mol. The van der Waals surface area contributed by atoms with Crippen molar-refractivity contribution in [3.8, 4) is 0 Å². The van der Waals surface area contributed by atoms with Crippen molar-refractivity contribution in [3.63, 3.8) is 0 Å². The van der Waals surface area contributed by atoms with E-state index in [1.54, 1.807) is 0 Å². The van der Waals surface area contributed by atoms with E-state index in [-0.39, 0.29) is 23.4 Å². The zero-order valence-electron chi connectivity index (χ0n) is 12.7. The molecule has 3 atom stereocenters. The molecule has 4 nitrogen and oxygen atoms in total. The molecular weight excluding hydrogens is 250 g/mol. The zero-order chi connectivity index (χ0) is 14.5. The number of amides is 1. The molecule has 0 bridgehead atoms. The summed E-state index contributed by atoms with van der Waals surface area (Å²) in [6, 6.07) is 4.45. The van der Waals surface area contributed by atoms with Crippen LogP contribution in [0.1, 0.15) is 50.5 Å². The molecule has 1 amide bonds. The second kappa shape index (κ2) is 4.62. The number of carbonyl (C=O) groups excluding carboxylic acids is 1. The van der Waals surface area contributed by atoms with Crippen LogP contribution >= 0.6 is 0 Å². The van der Waals surface area contributed by atoms with E-state index in [0.29, 0.717) is 0 Å². The Balaban J connectivity index is 1.87. The molecule has 3 unspecified atom stereocenters. The molecule has 0 spiro atoms. The molecule has 1 aromatic rings. The Morgan fingerprint density at radius 3 is 2.80 bits per heavy atom. The maximum absolute atomic E-state index is 13.0. The van der Waals surface area contributed by atoms with E-state index in [0.717, 1.165) is 32.4 Å². The van der Waals surface area contributed by atoms with Crippen LogP contribution in [0.3, 0.4) is 0 Å². The van der Waals surface area contributed by atoms with E-state index >= 15 is 0 Å². The molecule has 0 radical (unpaired) electrons. The number of nitrogens with zero attached hydrogens (tertiary/aromatic N) is 2. The number of hydrogen-bond acceptors (Lipinski definition) is 2. The van der Waals surface area contributed by atoms with Crippen molar-refractivity contribution in [1.82, 2.24) is 9.47 Å². The average Bonchev–Trinajstić information content (AvgIpc) is 2.96. The van der Waals surface area contributed by atoms with Crippen LogP contribution in [0.25, 0.3) is 0 Å². The number of aromatic nitrogens is 1. The fourth-order valence-corrected chi connectivity index (χ4v) is 3.89. The first-order chi connectivity index (χ1) is 9.45. The summed E-state index contributed by atoms with van der Waals surface area (Å²) in [5.41, 5.74) is 8.38. The zero-order valence-corrected chi connectivity index (χ0v) is 12.7. The molecule has 3 rings (SSSR count). The number of aryl methyl sites for hydroxylation is 1. The van der Waals surface area contributed by atoms with Crippen molar-refractivity contribution < 1.29 is 4.79 Å². The van der Waals surface area contributed by atoms with Crippen LogP contribution in [-0.4, -0.2) is 28.0 Å². The van der Waals surface area contributed by atoms with Crippen LogP contribution in [-0.2, 0) is 11.3 Å². The smallest absolute Gasteiger partial charge is 0.230 e. The number of rotatable bonds is 1. The summed E-state index contributed by atoms with van der Waals surface area (Å²) in [4.78, 5) is 15.0. The first kappa shape index (κ1) is 13.7. The minimum Gasteiger partial charge on any atom is -0.345 e. The average molecular weight is 275 g/mol. The van der Waals surface area contributed by atoms with Crippen molar-refractivity contribution in [3.05, 3.63) is 23.5 Å². The lowest BCUT2D eigenvalue weighted by Crippen LogP contribution is -2.52. The molecule has 0 aromatic carbocycles. The minimum atomic E-state index is -0.363. The van der Waals surface area contributed by atoms with E-state index in [1.807, 2.05) is 4.90 Å². The summed E-state index contributed by atoms with van der Waals surface area (Å²) in [5, 5.41) is 0. The summed E-state index contributed by atoms with van der Waals surface area (Å²) in [6.07, 6.45) is 2.97. The van der Waals surface area contributed by atoms with Gasteiger partial charge in [0, 0.05) is 30.5 Å². The van der Waals surface area contributed by atoms with Gasteiger partial charge in [-0.05, 0) is 45.7 Å². The van der Waals surface area contributed by atoms with E-state index in [2.05, 4.69) is 37.5 Å². The summed E-state index contributed by atoms with van der Waals surface area (Å²) in [5.74, 6) is 0.250. The quantitative estimate of drug-likeness (QED) is 0.854. The lowest BCUT2D eigenvalue weighted by atomic mass is 9.83. The Kier molecular flexibility index (Phi) is 3.16. The number of hydrogen-bond donors (Lipinski definition) is 1. The van der Waals surface area contributed by atoms with E-state index in [4.69, 9.17) is 5.73 Å². The molecule has 1 aliphatic heterocycles. The van der Waals surface area contributed by atoms with Crippen LogP contribution in [0.4, 0.5) is 0 Å². The van der Waals surface area contributed by atoms with Gasteiger partial charge in [-0.1, -0.05) is 6.42 Å². The van der Waals surface area contributed by atoms with Crippen molar-refractivity contribution in [1.29, 1.82) is 0 Å². The van der Waals surface area contributed by atoms with Gasteiger partial charge in [0.25, 0.3) is 0 Å². The summed E-state index contributed by atoms with van der Waals surface area (Å²) in [7, 11) is 0. The third-order valence-electron chi connectivity index (χ3n) is 5.47. The Labute approximate surface area is 120 Å². The molecule has 0 saturated heterocycles. The summed E-state index contributed by atoms with van der Waals surface area (Å²) in [6.45, 7) is 8.01. The molecule has 4 heteroatoms. The lowest BCUT2D eigenvalue weighted by molar-refractivity contribution is -0.145. The third kappa shape index (κ3) is 1.81. The van der Waals surface area contributed by atoms with Gasteiger partial charge in [-0.25, -0.2) is 0 Å². The summed E-state index contributed by atoms with van der Waals surface area (Å²) >= 11 is 0. The number of fused-ring (bicyclic) bond motifs is 1. The molecular formula is C16H25N3O. The first-order valence-electron chi connectivity index (χ1n) is 7.68. The van der Waals surface area contributed by atoms with Gasteiger partial charge in [0.2, 0.25) is 5.91 Å². The topological polar surface area (TPSA) is 51.3 Å². The van der Waals surface area contributed by atoms with Gasteiger partial charge < -0.3 is 15.2 Å². The summed E-state index contributed by atoms with van der Waals surface area (Å²) < 4.78 is 2.32. The normalized spacial score (nSPS) is 33.3. The molecule has 1 fully saturated rings. The monoisotopic (exact) mass is 275 g/mol. The first-order valence-corrected chi connectivity index (χ1v) is 7.68. The van der Waals surface area contributed by atoms with Crippen LogP contribution in [0.5, 0.6) is 0 Å². The molecule has 2 aliphatic rings. The molecule has 1 aliphatic carbocycles. The van der Waals surface area contributed by atoms with Gasteiger partial charge in [0.1, 0.15) is 0 Å². The molecule has 1 saturated carbocycles. The molecule has 1 aromatic heterocycles. The highest BCUT2D eigenvalue weighted by Crippen LogP contribution is 2.41. The van der Waals surface area contributed by atoms with Gasteiger partial charge in [-0.2, -0.15) is 0 Å². The van der Waals surface area contributed by atoms with Crippen molar-refractivity contribution >= 4 is 5.91 Å². The van der Waals surface area contributed by atoms with Crippen molar-refractivity contribution in [2.45, 2.75) is 58.7 Å². The van der Waals surface area contributed by atoms with Gasteiger partial charge in [-0.3, -0.25) is 4.79 Å². The van der Waals surface area contributed by atoms with Gasteiger partial charge >= 0.3 is 0 Å². The maximum Gasteiger partial charge on any atom is 0.230 e. The Hall–Kier alpha value is -1.29. The van der Waals surface area contributed by atoms with Crippen molar-refractivity contribution in [2.24, 2.45) is 11.1 Å². The fourth-order valence-electron chi connectivity index (χ4n) is 3.89. The van der Waals surface area contributed by atoms with E-state index < -0.39 is 0 Å². The highest BCUT2D eigenvalue weighted by molar-refractivity contribution is 5.84. The largest absolute Gasteiger partial charge is 0.345 e. The van der Waals surface area contributed by atoms with Crippen LogP contribution in [0.15, 0.2) is 12.1 Å². The number of nitrogens with two attached hydrogens (primary N) is 1. The standard InChI is InChI=1S/C16H25N3O/c1-11-6-7-13-12(2)19(10-9-18(11)13)15(20)16(3)8-4-5-14(16)17/h6-7,12,14H,4-5,8-10,17H2,1-3H3. The third-order valence-corrected chi connectivity index (χ3v) is 5.47. The Morgan fingerprint density at radius 1 is 1.40 bits per heavy atom. The lowest BCUT2D eigenvalue weighted by Gasteiger charge is -2.41. The minimum absolute atomic E-state index is 0.0117. The number of carbonyl (C=O) groups is 1. The van der Waals surface area contributed by atoms with Crippen LogP contribution in [0.2, 0.25) is 0 Å². The van der Waals surface area contributed by atoms with Gasteiger partial charge in [0.05, 0.1) is 11.5 Å². The molecule has 20 heavy (non-hydrogen) atoms. The van der Waals surface area contributed by atoms with Crippen molar-refractivity contribution in [2.75, 3.05) is 6.54 Å².